The molecule has 0 saturated heterocycles. The zero-order valence-electron chi connectivity index (χ0n) is 18.4. The summed E-state index contributed by atoms with van der Waals surface area (Å²) in [4.78, 5) is 0. The van der Waals surface area contributed by atoms with E-state index < -0.39 is 0 Å². The zero-order valence-corrected chi connectivity index (χ0v) is 18.4. The number of benzene rings is 1. The van der Waals surface area contributed by atoms with Crippen molar-refractivity contribution >= 4 is 5.57 Å². The Morgan fingerprint density at radius 3 is 2.27 bits per heavy atom. The third kappa shape index (κ3) is 5.59. The van der Waals surface area contributed by atoms with Crippen LogP contribution in [-0.4, -0.2) is 40.2 Å². The number of hydrogen-bond acceptors (Lipinski definition) is 7. The molecule has 0 aliphatic carbocycles. The molecule has 30 heavy (non-hydrogen) atoms. The maximum absolute atomic E-state index is 5.66. The van der Waals surface area contributed by atoms with Gasteiger partial charge in [0.2, 0.25) is 0 Å². The first-order valence-electron chi connectivity index (χ1n) is 9.55. The molecule has 0 N–H and O–H groups in total. The molecule has 162 valence electrons. The van der Waals surface area contributed by atoms with Crippen LogP contribution in [0.5, 0.6) is 5.75 Å². The predicted octanol–water partition coefficient (Wildman–Crippen LogP) is 5.17. The lowest BCUT2D eigenvalue weighted by atomic mass is 10.00. The Morgan fingerprint density at radius 1 is 1.00 bits per heavy atom. The van der Waals surface area contributed by atoms with Crippen molar-refractivity contribution in [3.63, 3.8) is 0 Å². The summed E-state index contributed by atoms with van der Waals surface area (Å²) in [7, 11) is 6.23. The van der Waals surface area contributed by atoms with E-state index in [1.54, 1.807) is 26.6 Å². The molecule has 1 heterocycles. The maximum atomic E-state index is 5.66. The van der Waals surface area contributed by atoms with Gasteiger partial charge >= 0.3 is 0 Å². The lowest BCUT2D eigenvalue weighted by molar-refractivity contribution is 0.201. The van der Waals surface area contributed by atoms with Crippen LogP contribution < -0.4 is 4.74 Å². The monoisotopic (exact) mass is 415 g/mol. The number of aromatic nitrogens is 1. The Bertz CT molecular complexity index is 893. The molecule has 1 aromatic carbocycles. The van der Waals surface area contributed by atoms with Crippen LogP contribution in [-0.2, 0) is 18.9 Å². The number of ether oxygens (including phenoxy) is 5. The van der Waals surface area contributed by atoms with Gasteiger partial charge in [0.1, 0.15) is 29.7 Å². The van der Waals surface area contributed by atoms with Gasteiger partial charge in [0.15, 0.2) is 11.5 Å². The average Bonchev–Trinajstić information content (AvgIpc) is 3.26. The quantitative estimate of drug-likeness (QED) is 0.370. The van der Waals surface area contributed by atoms with E-state index in [9.17, 15) is 0 Å². The van der Waals surface area contributed by atoms with Crippen LogP contribution in [0, 0.1) is 0 Å². The van der Waals surface area contributed by atoms with Gasteiger partial charge < -0.3 is 28.2 Å². The largest absolute Gasteiger partial charge is 0.501 e. The second-order valence-corrected chi connectivity index (χ2v) is 6.26. The van der Waals surface area contributed by atoms with E-state index in [4.69, 9.17) is 28.2 Å². The Hall–Kier alpha value is -3.35. The minimum atomic E-state index is 0.428. The average molecular weight is 415 g/mol. The van der Waals surface area contributed by atoms with Crippen LogP contribution >= 0.6 is 0 Å². The van der Waals surface area contributed by atoms with E-state index in [0.717, 1.165) is 28.9 Å². The third-order valence-electron chi connectivity index (χ3n) is 4.33. The summed E-state index contributed by atoms with van der Waals surface area (Å²) in [6.45, 7) is 4.60. The van der Waals surface area contributed by atoms with E-state index in [2.05, 4.69) is 12.1 Å². The molecule has 0 fully saturated rings. The molecule has 2 aromatic rings. The Balaban J connectivity index is 2.50. The molecular weight excluding hydrogens is 386 g/mol. The second kappa shape index (κ2) is 11.6. The van der Waals surface area contributed by atoms with Crippen molar-refractivity contribution in [1.82, 2.24) is 5.16 Å². The predicted molar refractivity (Wildman–Crippen MR) is 115 cm³/mol. The molecular formula is C23H29NO6. The molecule has 0 atom stereocenters. The van der Waals surface area contributed by atoms with Crippen molar-refractivity contribution in [2.24, 2.45) is 0 Å². The van der Waals surface area contributed by atoms with Crippen LogP contribution in [0.15, 0.2) is 64.7 Å². The van der Waals surface area contributed by atoms with Crippen molar-refractivity contribution < 1.29 is 28.2 Å². The maximum Gasteiger partial charge on any atom is 0.195 e. The Kier molecular flexibility index (Phi) is 8.87. The summed E-state index contributed by atoms with van der Waals surface area (Å²) < 4.78 is 32.4. The van der Waals surface area contributed by atoms with Gasteiger partial charge in [-0.3, -0.25) is 0 Å². The number of rotatable bonds is 11. The lowest BCUT2D eigenvalue weighted by Crippen LogP contribution is -1.99. The Morgan fingerprint density at radius 2 is 1.70 bits per heavy atom. The summed E-state index contributed by atoms with van der Waals surface area (Å²) in [5, 5.41) is 4.20. The summed E-state index contributed by atoms with van der Waals surface area (Å²) in [6.07, 6.45) is 5.78. The third-order valence-corrected chi connectivity index (χ3v) is 4.33. The number of hydrogen-bond donors (Lipinski definition) is 0. The molecule has 7 heteroatoms. The summed E-state index contributed by atoms with van der Waals surface area (Å²) in [5.74, 6) is 2.35. The minimum absolute atomic E-state index is 0.428. The van der Waals surface area contributed by atoms with Crippen molar-refractivity contribution in [2.75, 3.05) is 35.0 Å². The number of methoxy groups -OCH3 is 4. The van der Waals surface area contributed by atoms with Crippen molar-refractivity contribution in [3.8, 4) is 17.0 Å². The fourth-order valence-electron chi connectivity index (χ4n) is 2.72. The highest BCUT2D eigenvalue weighted by Crippen LogP contribution is 2.33. The molecule has 2 rings (SSSR count). The fourth-order valence-corrected chi connectivity index (χ4v) is 2.72. The van der Waals surface area contributed by atoms with E-state index in [-0.39, 0.29) is 0 Å². The first kappa shape index (κ1) is 22.9. The van der Waals surface area contributed by atoms with Crippen LogP contribution in [0.4, 0.5) is 0 Å². The van der Waals surface area contributed by atoms with Crippen LogP contribution in [0.3, 0.4) is 0 Å². The minimum Gasteiger partial charge on any atom is -0.501 e. The van der Waals surface area contributed by atoms with E-state index in [0.29, 0.717) is 29.6 Å². The summed E-state index contributed by atoms with van der Waals surface area (Å²) in [6, 6.07) is 7.71. The molecule has 0 aliphatic rings. The zero-order chi connectivity index (χ0) is 21.9. The second-order valence-electron chi connectivity index (χ2n) is 6.26. The smallest absolute Gasteiger partial charge is 0.195 e. The van der Waals surface area contributed by atoms with E-state index in [1.165, 1.54) is 20.5 Å². The van der Waals surface area contributed by atoms with E-state index >= 15 is 0 Å². The molecule has 7 nitrogen and oxygen atoms in total. The Labute approximate surface area is 177 Å². The van der Waals surface area contributed by atoms with Crippen molar-refractivity contribution in [1.29, 1.82) is 0 Å². The van der Waals surface area contributed by atoms with Crippen LogP contribution in [0.25, 0.3) is 16.8 Å². The highest BCUT2D eigenvalue weighted by molar-refractivity contribution is 5.84. The molecule has 1 aromatic heterocycles. The van der Waals surface area contributed by atoms with Crippen molar-refractivity contribution in [2.45, 2.75) is 20.3 Å². The van der Waals surface area contributed by atoms with Gasteiger partial charge in [-0.25, -0.2) is 0 Å². The standard InChI is InChI=1S/C23H29NO6/c1-7-12-29-18-10-8-17(9-11-18)23-20(14-30-24-23)19(16(2)26-4)13-21(27-5)22(28-6)15-25-3/h8-11,13-15H,7,12H2,1-6H3/b19-16-,21-13+,22-15-. The number of allylic oxidation sites excluding steroid dienone is 3. The molecule has 0 amide bonds. The first-order chi connectivity index (χ1) is 14.6. The fraction of sp³-hybridized carbons (Fsp3) is 0.348. The highest BCUT2D eigenvalue weighted by atomic mass is 16.5. The summed E-state index contributed by atoms with van der Waals surface area (Å²) in [5.41, 5.74) is 3.04. The van der Waals surface area contributed by atoms with Crippen LogP contribution in [0.1, 0.15) is 25.8 Å². The van der Waals surface area contributed by atoms with Gasteiger partial charge in [-0.15, -0.1) is 0 Å². The summed E-state index contributed by atoms with van der Waals surface area (Å²) >= 11 is 0. The molecule has 0 bridgehead atoms. The van der Waals surface area contributed by atoms with Gasteiger partial charge in [0.05, 0.1) is 40.6 Å². The van der Waals surface area contributed by atoms with Gasteiger partial charge in [-0.2, -0.15) is 0 Å². The van der Waals surface area contributed by atoms with E-state index in [1.807, 2.05) is 31.2 Å². The molecule has 0 saturated carbocycles. The highest BCUT2D eigenvalue weighted by Gasteiger charge is 2.19. The van der Waals surface area contributed by atoms with Gasteiger partial charge in [0, 0.05) is 11.1 Å². The topological polar surface area (TPSA) is 72.2 Å². The lowest BCUT2D eigenvalue weighted by Gasteiger charge is -2.13. The molecule has 0 spiro atoms. The first-order valence-corrected chi connectivity index (χ1v) is 9.55. The SMILES string of the molecule is CCCOc1ccc(-c2nocc2C(/C=C(OC)\C(=C\OC)OC)=C(/C)OC)cc1. The van der Waals surface area contributed by atoms with Gasteiger partial charge in [-0.1, -0.05) is 12.1 Å². The number of nitrogens with zero attached hydrogens (tertiary/aromatic N) is 1. The van der Waals surface area contributed by atoms with Crippen molar-refractivity contribution in [3.05, 3.63) is 65.7 Å². The van der Waals surface area contributed by atoms with Crippen LogP contribution in [0.2, 0.25) is 0 Å². The van der Waals surface area contributed by atoms with Gasteiger partial charge in [0.25, 0.3) is 0 Å². The molecule has 0 unspecified atom stereocenters. The normalized spacial score (nSPS) is 12.9. The van der Waals surface area contributed by atoms with Gasteiger partial charge in [-0.05, 0) is 43.7 Å². The molecule has 0 radical (unpaired) electrons. The molecule has 0 aliphatic heterocycles.